The molecule has 0 amide bonds. The van der Waals surface area contributed by atoms with Gasteiger partial charge in [-0.2, -0.15) is 0 Å². The van der Waals surface area contributed by atoms with E-state index in [0.29, 0.717) is 0 Å². The molecule has 0 saturated carbocycles. The molecule has 0 aliphatic carbocycles. The summed E-state index contributed by atoms with van der Waals surface area (Å²) in [6.07, 6.45) is 0.0178. The lowest BCUT2D eigenvalue weighted by Crippen LogP contribution is -2.03. The van der Waals surface area contributed by atoms with E-state index in [1.54, 1.807) is 0 Å². The van der Waals surface area contributed by atoms with Crippen molar-refractivity contribution < 1.29 is 17.6 Å². The van der Waals surface area contributed by atoms with Crippen LogP contribution in [0.25, 0.3) is 0 Å². The van der Waals surface area contributed by atoms with Gasteiger partial charge in [0, 0.05) is 10.4 Å². The quantitative estimate of drug-likeness (QED) is 0.552. The summed E-state index contributed by atoms with van der Waals surface area (Å²) in [5.41, 5.74) is 0.175. The number of halogens is 5. The van der Waals surface area contributed by atoms with E-state index >= 15 is 0 Å². The standard InChI is InChI=1S/C14H9BrF4/c15-10(9-4-2-6-12(17)14(9)19)7-8-3-1-5-11(16)13(8)18/h1-6,10H,7H2. The maximum absolute atomic E-state index is 13.6. The van der Waals surface area contributed by atoms with Gasteiger partial charge in [0.05, 0.1) is 0 Å². The molecule has 2 rings (SSSR count). The normalized spacial score (nSPS) is 12.5. The van der Waals surface area contributed by atoms with E-state index in [2.05, 4.69) is 15.9 Å². The van der Waals surface area contributed by atoms with Crippen LogP contribution in [0.15, 0.2) is 36.4 Å². The van der Waals surface area contributed by atoms with Crippen LogP contribution in [-0.2, 0) is 6.42 Å². The van der Waals surface area contributed by atoms with Crippen LogP contribution < -0.4 is 0 Å². The van der Waals surface area contributed by atoms with Gasteiger partial charge in [0.1, 0.15) is 0 Å². The van der Waals surface area contributed by atoms with Gasteiger partial charge in [0.2, 0.25) is 0 Å². The Morgan fingerprint density at radius 1 is 0.842 bits per heavy atom. The van der Waals surface area contributed by atoms with Crippen molar-refractivity contribution in [2.75, 3.05) is 0 Å². The molecule has 0 spiro atoms. The van der Waals surface area contributed by atoms with Crippen LogP contribution in [-0.4, -0.2) is 0 Å². The van der Waals surface area contributed by atoms with E-state index in [1.807, 2.05) is 0 Å². The highest BCUT2D eigenvalue weighted by Gasteiger charge is 2.18. The molecule has 0 nitrogen and oxygen atoms in total. The van der Waals surface area contributed by atoms with Gasteiger partial charge >= 0.3 is 0 Å². The highest BCUT2D eigenvalue weighted by atomic mass is 79.9. The Balaban J connectivity index is 2.28. The highest BCUT2D eigenvalue weighted by molar-refractivity contribution is 9.09. The van der Waals surface area contributed by atoms with Crippen molar-refractivity contribution in [2.45, 2.75) is 11.2 Å². The summed E-state index contributed by atoms with van der Waals surface area (Å²) in [6, 6.07) is 7.55. The minimum atomic E-state index is -0.985. The first-order valence-electron chi connectivity index (χ1n) is 5.51. The topological polar surface area (TPSA) is 0 Å². The Labute approximate surface area is 116 Å². The molecule has 1 atom stereocenters. The molecular weight excluding hydrogens is 324 g/mol. The van der Waals surface area contributed by atoms with Gasteiger partial charge in [-0.3, -0.25) is 0 Å². The van der Waals surface area contributed by atoms with Crippen molar-refractivity contribution in [1.29, 1.82) is 0 Å². The van der Waals surface area contributed by atoms with Crippen LogP contribution in [0.3, 0.4) is 0 Å². The first-order valence-corrected chi connectivity index (χ1v) is 6.43. The summed E-state index contributed by atoms with van der Waals surface area (Å²) in [4.78, 5) is -0.639. The molecular formula is C14H9BrF4. The number of rotatable bonds is 3. The second-order valence-corrected chi connectivity index (χ2v) is 5.13. The molecule has 2 aromatic carbocycles. The Kier molecular flexibility index (Phi) is 4.24. The summed E-state index contributed by atoms with van der Waals surface area (Å²) >= 11 is 3.17. The molecule has 0 aliphatic heterocycles. The molecule has 0 N–H and O–H groups in total. The first kappa shape index (κ1) is 14.1. The fraction of sp³-hybridized carbons (Fsp3) is 0.143. The zero-order valence-corrected chi connectivity index (χ0v) is 11.2. The zero-order valence-electron chi connectivity index (χ0n) is 9.64. The second-order valence-electron chi connectivity index (χ2n) is 4.03. The van der Waals surface area contributed by atoms with Crippen LogP contribution in [0.2, 0.25) is 0 Å². The molecule has 0 aliphatic rings. The number of hydrogen-bond donors (Lipinski definition) is 0. The van der Waals surface area contributed by atoms with Crippen molar-refractivity contribution in [3.63, 3.8) is 0 Å². The molecule has 0 radical (unpaired) electrons. The molecule has 0 aromatic heterocycles. The Morgan fingerprint density at radius 3 is 2.11 bits per heavy atom. The molecule has 0 heterocycles. The zero-order chi connectivity index (χ0) is 14.0. The molecule has 19 heavy (non-hydrogen) atoms. The summed E-state index contributed by atoms with van der Waals surface area (Å²) in [7, 11) is 0. The largest absolute Gasteiger partial charge is 0.204 e. The predicted octanol–water partition coefficient (Wildman–Crippen LogP) is 4.92. The molecule has 1 unspecified atom stereocenters. The Morgan fingerprint density at radius 2 is 1.42 bits per heavy atom. The van der Waals surface area contributed by atoms with Crippen molar-refractivity contribution in [3.8, 4) is 0 Å². The SMILES string of the molecule is Fc1cccc(CC(Br)c2cccc(F)c2F)c1F. The average Bonchev–Trinajstić information content (AvgIpc) is 2.38. The molecule has 0 bridgehead atoms. The van der Waals surface area contributed by atoms with Gasteiger partial charge in [-0.05, 0) is 24.1 Å². The number of alkyl halides is 1. The summed E-state index contributed by atoms with van der Waals surface area (Å²) < 4.78 is 53.2. The van der Waals surface area contributed by atoms with Crippen molar-refractivity contribution in [3.05, 3.63) is 70.8 Å². The smallest absolute Gasteiger partial charge is 0.163 e. The molecule has 0 fully saturated rings. The van der Waals surface area contributed by atoms with Crippen LogP contribution in [0.5, 0.6) is 0 Å². The van der Waals surface area contributed by atoms with Gasteiger partial charge in [0.15, 0.2) is 23.3 Å². The average molecular weight is 333 g/mol. The fourth-order valence-electron chi connectivity index (χ4n) is 1.77. The lowest BCUT2D eigenvalue weighted by atomic mass is 10.0. The third kappa shape index (κ3) is 2.97. The van der Waals surface area contributed by atoms with E-state index in [4.69, 9.17) is 0 Å². The van der Waals surface area contributed by atoms with Crippen LogP contribution in [0.1, 0.15) is 16.0 Å². The lowest BCUT2D eigenvalue weighted by molar-refractivity contribution is 0.491. The third-order valence-electron chi connectivity index (χ3n) is 2.75. The van der Waals surface area contributed by atoms with E-state index in [0.717, 1.165) is 12.1 Å². The maximum Gasteiger partial charge on any atom is 0.163 e. The number of benzene rings is 2. The maximum atomic E-state index is 13.6. The van der Waals surface area contributed by atoms with Crippen LogP contribution in [0, 0.1) is 23.3 Å². The van der Waals surface area contributed by atoms with E-state index in [1.165, 1.54) is 24.3 Å². The molecule has 5 heteroatoms. The molecule has 2 aromatic rings. The van der Waals surface area contributed by atoms with Gasteiger partial charge in [-0.1, -0.05) is 40.2 Å². The second kappa shape index (κ2) is 5.74. The van der Waals surface area contributed by atoms with Crippen LogP contribution in [0.4, 0.5) is 17.6 Å². The van der Waals surface area contributed by atoms with Gasteiger partial charge in [-0.15, -0.1) is 0 Å². The molecule has 0 saturated heterocycles. The van der Waals surface area contributed by atoms with Gasteiger partial charge < -0.3 is 0 Å². The first-order chi connectivity index (χ1) is 9.00. The van der Waals surface area contributed by atoms with E-state index < -0.39 is 28.1 Å². The fourth-order valence-corrected chi connectivity index (χ4v) is 2.47. The van der Waals surface area contributed by atoms with Gasteiger partial charge in [0.25, 0.3) is 0 Å². The van der Waals surface area contributed by atoms with Crippen molar-refractivity contribution in [2.24, 2.45) is 0 Å². The summed E-state index contributed by atoms with van der Waals surface area (Å²) in [5, 5.41) is 0. The van der Waals surface area contributed by atoms with E-state index in [9.17, 15) is 17.6 Å². The van der Waals surface area contributed by atoms with Crippen molar-refractivity contribution in [1.82, 2.24) is 0 Å². The van der Waals surface area contributed by atoms with Crippen molar-refractivity contribution >= 4 is 15.9 Å². The molecule has 100 valence electrons. The monoisotopic (exact) mass is 332 g/mol. The Hall–Kier alpha value is -1.36. The minimum absolute atomic E-state index is 0.0178. The summed E-state index contributed by atoms with van der Waals surface area (Å²) in [6.45, 7) is 0. The van der Waals surface area contributed by atoms with Crippen LogP contribution >= 0.6 is 15.9 Å². The highest BCUT2D eigenvalue weighted by Crippen LogP contribution is 2.31. The number of hydrogen-bond acceptors (Lipinski definition) is 0. The minimum Gasteiger partial charge on any atom is -0.204 e. The van der Waals surface area contributed by atoms with Gasteiger partial charge in [-0.25, -0.2) is 17.6 Å². The lowest BCUT2D eigenvalue weighted by Gasteiger charge is -2.12. The Bertz CT molecular complexity index is 598. The predicted molar refractivity (Wildman–Crippen MR) is 68.1 cm³/mol. The van der Waals surface area contributed by atoms with E-state index in [-0.39, 0.29) is 17.5 Å². The third-order valence-corrected chi connectivity index (χ3v) is 3.57. The summed E-state index contributed by atoms with van der Waals surface area (Å²) in [5.74, 6) is -3.89.